The smallest absolute Gasteiger partial charge is 0.135 e. The minimum atomic E-state index is -0.0286. The van der Waals surface area contributed by atoms with E-state index < -0.39 is 0 Å². The number of nitrogens with one attached hydrogen (secondary N) is 2. The summed E-state index contributed by atoms with van der Waals surface area (Å²) in [6, 6.07) is 8.01. The number of nitrogens with zero attached hydrogens (tertiary/aromatic N) is 2. The number of benzene rings is 1. The third-order valence-corrected chi connectivity index (χ3v) is 3.11. The van der Waals surface area contributed by atoms with Gasteiger partial charge in [0, 0.05) is 21.8 Å². The van der Waals surface area contributed by atoms with Gasteiger partial charge in [-0.25, -0.2) is 9.97 Å². The summed E-state index contributed by atoms with van der Waals surface area (Å²) < 4.78 is 1.07. The Morgan fingerprint density at radius 1 is 1.05 bits per heavy atom. The Bertz CT molecular complexity index is 605. The van der Waals surface area contributed by atoms with Crippen molar-refractivity contribution in [3.63, 3.8) is 0 Å². The van der Waals surface area contributed by atoms with Gasteiger partial charge in [-0.15, -0.1) is 0 Å². The maximum Gasteiger partial charge on any atom is 0.135 e. The third-order valence-electron chi connectivity index (χ3n) is 2.62. The van der Waals surface area contributed by atoms with Gasteiger partial charge >= 0.3 is 0 Å². The highest BCUT2D eigenvalue weighted by molar-refractivity contribution is 9.10. The van der Waals surface area contributed by atoms with E-state index in [9.17, 15) is 0 Å². The molecule has 0 bridgehead atoms. The van der Waals surface area contributed by atoms with Crippen LogP contribution in [-0.2, 0) is 0 Å². The number of hydrogen-bond donors (Lipinski definition) is 2. The van der Waals surface area contributed by atoms with Crippen LogP contribution >= 0.6 is 15.9 Å². The van der Waals surface area contributed by atoms with Gasteiger partial charge in [0.1, 0.15) is 18.0 Å². The molecular weight excluding hydrogens is 316 g/mol. The lowest BCUT2D eigenvalue weighted by Crippen LogP contribution is -2.26. The normalized spacial score (nSPS) is 11.2. The van der Waals surface area contributed by atoms with Crippen LogP contribution in [0.5, 0.6) is 0 Å². The molecule has 1 heterocycles. The van der Waals surface area contributed by atoms with E-state index in [0.29, 0.717) is 0 Å². The molecule has 0 radical (unpaired) electrons. The summed E-state index contributed by atoms with van der Waals surface area (Å²) in [7, 11) is 0. The molecule has 1 aromatic heterocycles. The van der Waals surface area contributed by atoms with E-state index in [2.05, 4.69) is 70.3 Å². The highest BCUT2D eigenvalue weighted by Gasteiger charge is 2.10. The van der Waals surface area contributed by atoms with Crippen LogP contribution in [0.4, 0.5) is 17.3 Å². The van der Waals surface area contributed by atoms with Gasteiger partial charge in [0.25, 0.3) is 0 Å². The summed E-state index contributed by atoms with van der Waals surface area (Å²) in [5.41, 5.74) is 2.16. The molecular formula is C15H19BrN4. The molecule has 0 amide bonds. The second-order valence-electron chi connectivity index (χ2n) is 5.75. The molecule has 106 valence electrons. The second kappa shape index (κ2) is 5.79. The van der Waals surface area contributed by atoms with Crippen molar-refractivity contribution in [2.24, 2.45) is 0 Å². The van der Waals surface area contributed by atoms with Gasteiger partial charge in [0.05, 0.1) is 0 Å². The Kier molecular flexibility index (Phi) is 4.28. The van der Waals surface area contributed by atoms with E-state index in [1.807, 2.05) is 18.2 Å². The molecule has 1 aromatic carbocycles. The van der Waals surface area contributed by atoms with Crippen molar-refractivity contribution < 1.29 is 0 Å². The molecule has 4 nitrogen and oxygen atoms in total. The van der Waals surface area contributed by atoms with E-state index in [-0.39, 0.29) is 5.54 Å². The molecule has 0 aliphatic rings. The monoisotopic (exact) mass is 334 g/mol. The second-order valence-corrected chi connectivity index (χ2v) is 6.66. The SMILES string of the molecule is Cc1cc(Br)ccc1Nc1cc(NC(C)(C)C)ncn1. The Morgan fingerprint density at radius 2 is 1.75 bits per heavy atom. The molecule has 2 rings (SSSR count). The first-order valence-corrected chi connectivity index (χ1v) is 7.26. The highest BCUT2D eigenvalue weighted by atomic mass is 79.9. The Labute approximate surface area is 128 Å². The lowest BCUT2D eigenvalue weighted by atomic mass is 10.1. The molecule has 2 N–H and O–H groups in total. The summed E-state index contributed by atoms with van der Waals surface area (Å²) in [4.78, 5) is 8.49. The maximum atomic E-state index is 4.25. The van der Waals surface area contributed by atoms with Gasteiger partial charge in [-0.05, 0) is 51.5 Å². The van der Waals surface area contributed by atoms with Crippen LogP contribution < -0.4 is 10.6 Å². The molecule has 0 atom stereocenters. The quantitative estimate of drug-likeness (QED) is 0.867. The van der Waals surface area contributed by atoms with Gasteiger partial charge in [0.15, 0.2) is 0 Å². The Balaban J connectivity index is 2.19. The van der Waals surface area contributed by atoms with Crippen molar-refractivity contribution in [3.8, 4) is 0 Å². The van der Waals surface area contributed by atoms with Gasteiger partial charge < -0.3 is 10.6 Å². The molecule has 0 aliphatic carbocycles. The predicted molar refractivity (Wildman–Crippen MR) is 87.6 cm³/mol. The first kappa shape index (κ1) is 14.8. The van der Waals surface area contributed by atoms with E-state index in [1.165, 1.54) is 0 Å². The zero-order valence-corrected chi connectivity index (χ0v) is 13.7. The molecule has 0 unspecified atom stereocenters. The Morgan fingerprint density at radius 3 is 2.40 bits per heavy atom. The topological polar surface area (TPSA) is 49.8 Å². The van der Waals surface area contributed by atoms with Crippen LogP contribution in [0, 0.1) is 6.92 Å². The van der Waals surface area contributed by atoms with Crippen LogP contribution in [0.3, 0.4) is 0 Å². The fraction of sp³-hybridized carbons (Fsp3) is 0.333. The van der Waals surface area contributed by atoms with Crippen molar-refractivity contribution in [1.82, 2.24) is 9.97 Å². The highest BCUT2D eigenvalue weighted by Crippen LogP contribution is 2.24. The minimum Gasteiger partial charge on any atom is -0.365 e. The number of hydrogen-bond acceptors (Lipinski definition) is 4. The summed E-state index contributed by atoms with van der Waals surface area (Å²) in [6.45, 7) is 8.35. The number of aromatic nitrogens is 2. The molecule has 20 heavy (non-hydrogen) atoms. The number of aryl methyl sites for hydroxylation is 1. The first-order chi connectivity index (χ1) is 9.33. The van der Waals surface area contributed by atoms with E-state index >= 15 is 0 Å². The van der Waals surface area contributed by atoms with Crippen LogP contribution in [0.2, 0.25) is 0 Å². The fourth-order valence-electron chi connectivity index (χ4n) is 1.78. The van der Waals surface area contributed by atoms with Crippen molar-refractivity contribution in [1.29, 1.82) is 0 Å². The molecule has 0 aliphatic heterocycles. The molecule has 2 aromatic rings. The van der Waals surface area contributed by atoms with E-state index in [1.54, 1.807) is 6.33 Å². The average molecular weight is 335 g/mol. The van der Waals surface area contributed by atoms with E-state index in [4.69, 9.17) is 0 Å². The maximum absolute atomic E-state index is 4.25. The molecule has 0 fully saturated rings. The van der Waals surface area contributed by atoms with E-state index in [0.717, 1.165) is 27.4 Å². The van der Waals surface area contributed by atoms with Gasteiger partial charge in [0.2, 0.25) is 0 Å². The summed E-state index contributed by atoms with van der Waals surface area (Å²) in [6.07, 6.45) is 1.56. The summed E-state index contributed by atoms with van der Waals surface area (Å²) >= 11 is 3.46. The lowest BCUT2D eigenvalue weighted by Gasteiger charge is -2.21. The molecule has 0 saturated carbocycles. The lowest BCUT2D eigenvalue weighted by molar-refractivity contribution is 0.630. The van der Waals surface area contributed by atoms with Gasteiger partial charge in [-0.3, -0.25) is 0 Å². The van der Waals surface area contributed by atoms with Crippen LogP contribution in [0.15, 0.2) is 35.1 Å². The number of rotatable bonds is 3. The molecule has 5 heteroatoms. The van der Waals surface area contributed by atoms with Crippen molar-refractivity contribution in [3.05, 3.63) is 40.6 Å². The van der Waals surface area contributed by atoms with Gasteiger partial charge in [-0.2, -0.15) is 0 Å². The van der Waals surface area contributed by atoms with Crippen molar-refractivity contribution >= 4 is 33.3 Å². The first-order valence-electron chi connectivity index (χ1n) is 6.47. The summed E-state index contributed by atoms with van der Waals surface area (Å²) in [5.74, 6) is 1.59. The zero-order chi connectivity index (χ0) is 14.8. The fourth-order valence-corrected chi connectivity index (χ4v) is 2.26. The third kappa shape index (κ3) is 4.20. The van der Waals surface area contributed by atoms with Crippen molar-refractivity contribution in [2.75, 3.05) is 10.6 Å². The molecule has 0 spiro atoms. The molecule has 0 saturated heterocycles. The predicted octanol–water partition coefficient (Wildman–Crippen LogP) is 4.50. The summed E-state index contributed by atoms with van der Waals surface area (Å²) in [5, 5.41) is 6.65. The zero-order valence-electron chi connectivity index (χ0n) is 12.2. The largest absolute Gasteiger partial charge is 0.365 e. The van der Waals surface area contributed by atoms with Gasteiger partial charge in [-0.1, -0.05) is 15.9 Å². The standard InChI is InChI=1S/C15H19BrN4/c1-10-7-11(16)5-6-12(10)19-13-8-14(18-9-17-13)20-15(2,3)4/h5-9H,1-4H3,(H2,17,18,19,20). The van der Waals surface area contributed by atoms with Crippen molar-refractivity contribution in [2.45, 2.75) is 33.2 Å². The van der Waals surface area contributed by atoms with Crippen LogP contribution in [0.1, 0.15) is 26.3 Å². The van der Waals surface area contributed by atoms with Crippen LogP contribution in [0.25, 0.3) is 0 Å². The number of halogens is 1. The van der Waals surface area contributed by atoms with Crippen LogP contribution in [-0.4, -0.2) is 15.5 Å². The minimum absolute atomic E-state index is 0.0286. The average Bonchev–Trinajstić information content (AvgIpc) is 2.31. The number of anilines is 3. The Hall–Kier alpha value is -1.62.